The fourth-order valence-electron chi connectivity index (χ4n) is 1.95. The summed E-state index contributed by atoms with van der Waals surface area (Å²) in [5.41, 5.74) is 2.37. The largest absolute Gasteiger partial charge is 0.392 e. The van der Waals surface area contributed by atoms with Crippen LogP contribution in [0.2, 0.25) is 0 Å². The third-order valence-electron chi connectivity index (χ3n) is 2.94. The maximum atomic E-state index is 11.8. The smallest absolute Gasteiger partial charge is 0.258 e. The van der Waals surface area contributed by atoms with Crippen LogP contribution in [0.25, 0.3) is 4.96 Å². The lowest BCUT2D eigenvalue weighted by molar-refractivity contribution is 0.282. The summed E-state index contributed by atoms with van der Waals surface area (Å²) in [5.74, 6) is 0. The molecule has 1 aromatic carbocycles. The predicted octanol–water partition coefficient (Wildman–Crippen LogP) is 1.86. The molecule has 2 N–H and O–H groups in total. The number of hydrogen-bond acceptors (Lipinski definition) is 5. The van der Waals surface area contributed by atoms with Crippen LogP contribution in [-0.2, 0) is 13.2 Å². The number of aliphatic hydroxyl groups is 1. The molecule has 3 aromatic rings. The summed E-state index contributed by atoms with van der Waals surface area (Å²) in [6, 6.07) is 9.04. The Morgan fingerprint density at radius 2 is 2.25 bits per heavy atom. The van der Waals surface area contributed by atoms with Crippen LogP contribution < -0.4 is 10.9 Å². The SMILES string of the molecule is O=c1cc(CNc2cccc(CO)c2)nc2sccn12. The number of benzene rings is 1. The molecule has 0 saturated carbocycles. The summed E-state index contributed by atoms with van der Waals surface area (Å²) in [7, 11) is 0. The molecular formula is C14H13N3O2S. The van der Waals surface area contributed by atoms with Crippen molar-refractivity contribution in [3.05, 3.63) is 63.5 Å². The van der Waals surface area contributed by atoms with Gasteiger partial charge in [0, 0.05) is 23.3 Å². The summed E-state index contributed by atoms with van der Waals surface area (Å²) < 4.78 is 1.53. The van der Waals surface area contributed by atoms with E-state index in [1.165, 1.54) is 21.8 Å². The highest BCUT2D eigenvalue weighted by molar-refractivity contribution is 7.15. The van der Waals surface area contributed by atoms with Crippen molar-refractivity contribution in [3.63, 3.8) is 0 Å². The first-order valence-electron chi connectivity index (χ1n) is 6.16. The standard InChI is InChI=1S/C14H13N3O2S/c18-9-10-2-1-3-11(6-10)15-8-12-7-13(19)17-4-5-20-14(17)16-12/h1-7,15,18H,8-9H2. The summed E-state index contributed by atoms with van der Waals surface area (Å²) >= 11 is 1.43. The number of anilines is 1. The Labute approximate surface area is 119 Å². The maximum absolute atomic E-state index is 11.8. The highest BCUT2D eigenvalue weighted by Crippen LogP contribution is 2.12. The van der Waals surface area contributed by atoms with E-state index in [-0.39, 0.29) is 12.2 Å². The van der Waals surface area contributed by atoms with Gasteiger partial charge in [-0.2, -0.15) is 0 Å². The average Bonchev–Trinajstić information content (AvgIpc) is 2.94. The van der Waals surface area contributed by atoms with Gasteiger partial charge in [-0.25, -0.2) is 4.98 Å². The topological polar surface area (TPSA) is 66.6 Å². The van der Waals surface area contributed by atoms with Crippen molar-refractivity contribution in [1.82, 2.24) is 9.38 Å². The number of fused-ring (bicyclic) bond motifs is 1. The molecule has 0 aliphatic rings. The van der Waals surface area contributed by atoms with Gasteiger partial charge in [-0.3, -0.25) is 9.20 Å². The van der Waals surface area contributed by atoms with E-state index in [9.17, 15) is 4.79 Å². The molecule has 0 fully saturated rings. The number of aromatic nitrogens is 2. The second-order valence-electron chi connectivity index (χ2n) is 4.35. The second kappa shape index (κ2) is 5.44. The van der Waals surface area contributed by atoms with Crippen LogP contribution in [0.1, 0.15) is 11.3 Å². The highest BCUT2D eigenvalue weighted by Gasteiger charge is 2.03. The van der Waals surface area contributed by atoms with Gasteiger partial charge in [-0.1, -0.05) is 12.1 Å². The summed E-state index contributed by atoms with van der Waals surface area (Å²) in [6.07, 6.45) is 1.72. The van der Waals surface area contributed by atoms with Crippen LogP contribution in [-0.4, -0.2) is 14.5 Å². The van der Waals surface area contributed by atoms with Crippen molar-refractivity contribution in [2.24, 2.45) is 0 Å². The van der Waals surface area contributed by atoms with Gasteiger partial charge < -0.3 is 10.4 Å². The van der Waals surface area contributed by atoms with Crippen LogP contribution >= 0.6 is 11.3 Å². The van der Waals surface area contributed by atoms with E-state index in [1.807, 2.05) is 29.6 Å². The van der Waals surface area contributed by atoms with Crippen LogP contribution in [0.3, 0.4) is 0 Å². The van der Waals surface area contributed by atoms with Crippen molar-refractivity contribution in [1.29, 1.82) is 0 Å². The quantitative estimate of drug-likeness (QED) is 0.768. The molecule has 20 heavy (non-hydrogen) atoms. The summed E-state index contributed by atoms with van der Waals surface area (Å²) in [4.78, 5) is 17.0. The van der Waals surface area contributed by atoms with E-state index in [0.29, 0.717) is 17.2 Å². The first-order chi connectivity index (χ1) is 9.76. The van der Waals surface area contributed by atoms with Crippen molar-refractivity contribution in [3.8, 4) is 0 Å². The number of aliphatic hydroxyl groups excluding tert-OH is 1. The van der Waals surface area contributed by atoms with Gasteiger partial charge in [-0.15, -0.1) is 11.3 Å². The van der Waals surface area contributed by atoms with E-state index >= 15 is 0 Å². The molecule has 3 rings (SSSR count). The van der Waals surface area contributed by atoms with Gasteiger partial charge >= 0.3 is 0 Å². The van der Waals surface area contributed by atoms with Crippen molar-refractivity contribution in [2.75, 3.05) is 5.32 Å². The van der Waals surface area contributed by atoms with Crippen molar-refractivity contribution in [2.45, 2.75) is 13.2 Å². The van der Waals surface area contributed by atoms with Gasteiger partial charge in [0.2, 0.25) is 0 Å². The third-order valence-corrected chi connectivity index (χ3v) is 3.70. The molecule has 0 bridgehead atoms. The lowest BCUT2D eigenvalue weighted by Crippen LogP contribution is -2.14. The normalized spacial score (nSPS) is 10.8. The molecule has 2 aromatic heterocycles. The van der Waals surface area contributed by atoms with E-state index in [4.69, 9.17) is 5.11 Å². The molecule has 5 nitrogen and oxygen atoms in total. The molecule has 0 radical (unpaired) electrons. The minimum atomic E-state index is -0.0721. The minimum Gasteiger partial charge on any atom is -0.392 e. The van der Waals surface area contributed by atoms with Crippen molar-refractivity contribution < 1.29 is 5.11 Å². The minimum absolute atomic E-state index is 0.0102. The average molecular weight is 287 g/mol. The van der Waals surface area contributed by atoms with Crippen LogP contribution in [0, 0.1) is 0 Å². The highest BCUT2D eigenvalue weighted by atomic mass is 32.1. The molecule has 0 amide bonds. The Kier molecular flexibility index (Phi) is 3.49. The number of nitrogens with zero attached hydrogens (tertiary/aromatic N) is 2. The number of nitrogens with one attached hydrogen (secondary N) is 1. The second-order valence-corrected chi connectivity index (χ2v) is 5.23. The number of hydrogen-bond donors (Lipinski definition) is 2. The lowest BCUT2D eigenvalue weighted by atomic mass is 10.2. The lowest BCUT2D eigenvalue weighted by Gasteiger charge is -2.07. The van der Waals surface area contributed by atoms with Crippen molar-refractivity contribution >= 4 is 22.0 Å². The number of rotatable bonds is 4. The Morgan fingerprint density at radius 3 is 3.10 bits per heavy atom. The van der Waals surface area contributed by atoms with E-state index in [0.717, 1.165) is 11.3 Å². The molecular weight excluding hydrogens is 274 g/mol. The van der Waals surface area contributed by atoms with Crippen LogP contribution in [0.15, 0.2) is 46.7 Å². The zero-order valence-corrected chi connectivity index (χ0v) is 11.4. The maximum Gasteiger partial charge on any atom is 0.258 e. The first-order valence-corrected chi connectivity index (χ1v) is 7.04. The predicted molar refractivity (Wildman–Crippen MR) is 79.0 cm³/mol. The van der Waals surface area contributed by atoms with Gasteiger partial charge in [0.25, 0.3) is 5.56 Å². The van der Waals surface area contributed by atoms with Gasteiger partial charge in [-0.05, 0) is 17.7 Å². The molecule has 0 spiro atoms. The first kappa shape index (κ1) is 12.8. The van der Waals surface area contributed by atoms with Gasteiger partial charge in [0.05, 0.1) is 18.8 Å². The fraction of sp³-hybridized carbons (Fsp3) is 0.143. The molecule has 0 saturated heterocycles. The molecule has 0 unspecified atom stereocenters. The van der Waals surface area contributed by atoms with Gasteiger partial charge in [0.1, 0.15) is 0 Å². The molecule has 0 aliphatic carbocycles. The van der Waals surface area contributed by atoms with Crippen LogP contribution in [0.5, 0.6) is 0 Å². The molecule has 0 aliphatic heterocycles. The molecule has 102 valence electrons. The van der Waals surface area contributed by atoms with E-state index in [1.54, 1.807) is 6.20 Å². The molecule has 6 heteroatoms. The number of thiazole rings is 1. The summed E-state index contributed by atoms with van der Waals surface area (Å²) in [6.45, 7) is 0.481. The zero-order chi connectivity index (χ0) is 13.9. The van der Waals surface area contributed by atoms with Crippen LogP contribution in [0.4, 0.5) is 5.69 Å². The summed E-state index contributed by atoms with van der Waals surface area (Å²) in [5, 5.41) is 14.1. The molecule has 2 heterocycles. The Morgan fingerprint density at radius 1 is 1.35 bits per heavy atom. The Balaban J connectivity index is 1.80. The van der Waals surface area contributed by atoms with Gasteiger partial charge in [0.15, 0.2) is 4.96 Å². The van der Waals surface area contributed by atoms with E-state index in [2.05, 4.69) is 10.3 Å². The fourth-order valence-corrected chi connectivity index (χ4v) is 2.69. The Bertz CT molecular complexity index is 794. The Hall–Kier alpha value is -2.18. The molecule has 0 atom stereocenters. The third kappa shape index (κ3) is 2.56. The van der Waals surface area contributed by atoms with E-state index < -0.39 is 0 Å². The zero-order valence-electron chi connectivity index (χ0n) is 10.6. The monoisotopic (exact) mass is 287 g/mol.